The van der Waals surface area contributed by atoms with E-state index in [0.29, 0.717) is 0 Å². The molecule has 0 bridgehead atoms. The summed E-state index contributed by atoms with van der Waals surface area (Å²) in [5, 5.41) is 0. The van der Waals surface area contributed by atoms with Crippen molar-refractivity contribution in [3.8, 4) is 0 Å². The molecule has 2 rings (SSSR count). The Balaban J connectivity index is 2.41. The van der Waals surface area contributed by atoms with Crippen LogP contribution in [-0.4, -0.2) is 6.29 Å². The smallest absolute Gasteiger partial charge is 0.142 e. The molecule has 0 N–H and O–H groups in total. The van der Waals surface area contributed by atoms with E-state index < -0.39 is 0 Å². The third kappa shape index (κ3) is 2.92. The lowest BCUT2D eigenvalue weighted by Crippen LogP contribution is -2.33. The van der Waals surface area contributed by atoms with Crippen molar-refractivity contribution in [3.05, 3.63) is 53.1 Å². The van der Waals surface area contributed by atoms with Crippen LogP contribution in [0.15, 0.2) is 36.4 Å². The number of aldehydes is 1. The van der Waals surface area contributed by atoms with Gasteiger partial charge in [0, 0.05) is 0 Å². The number of carbonyl (C=O) groups excluding carboxylic acids is 1. The van der Waals surface area contributed by atoms with E-state index in [-0.39, 0.29) is 10.8 Å². The summed E-state index contributed by atoms with van der Waals surface area (Å²) < 4.78 is 0. The molecule has 1 nitrogen and oxygen atoms in total. The zero-order valence-electron chi connectivity index (χ0n) is 12.9. The molecule has 1 aromatic rings. The maximum atomic E-state index is 10.2. The molecule has 0 atom stereocenters. The van der Waals surface area contributed by atoms with E-state index in [4.69, 9.17) is 0 Å². The topological polar surface area (TPSA) is 17.1 Å². The lowest BCUT2D eigenvalue weighted by molar-refractivity contribution is -0.104. The summed E-state index contributed by atoms with van der Waals surface area (Å²) in [7, 11) is 0. The second-order valence-electron chi connectivity index (χ2n) is 6.95. The molecule has 0 saturated carbocycles. The van der Waals surface area contributed by atoms with Crippen molar-refractivity contribution in [3.63, 3.8) is 0 Å². The van der Waals surface area contributed by atoms with Gasteiger partial charge in [-0.1, -0.05) is 64.1 Å². The van der Waals surface area contributed by atoms with Gasteiger partial charge in [0.15, 0.2) is 0 Å². The fraction of sp³-hybridized carbons (Fsp3) is 0.421. The van der Waals surface area contributed by atoms with Crippen molar-refractivity contribution < 1.29 is 4.79 Å². The van der Waals surface area contributed by atoms with E-state index in [1.807, 2.05) is 6.08 Å². The van der Waals surface area contributed by atoms with Gasteiger partial charge in [0.05, 0.1) is 0 Å². The normalized spacial score (nSPS) is 20.2. The van der Waals surface area contributed by atoms with Crippen molar-refractivity contribution in [1.29, 1.82) is 0 Å². The van der Waals surface area contributed by atoms with Gasteiger partial charge in [-0.25, -0.2) is 0 Å². The van der Waals surface area contributed by atoms with E-state index >= 15 is 0 Å². The maximum Gasteiger partial charge on any atom is 0.142 e. The SMILES string of the molecule is CC1(C)CCC(C)(C)c2cc(/C=C/C=C/C=O)ccc21. The summed E-state index contributed by atoms with van der Waals surface area (Å²) >= 11 is 0. The van der Waals surface area contributed by atoms with Crippen LogP contribution in [0.2, 0.25) is 0 Å². The molecule has 0 aliphatic heterocycles. The van der Waals surface area contributed by atoms with Crippen molar-refractivity contribution in [2.45, 2.75) is 51.4 Å². The van der Waals surface area contributed by atoms with E-state index in [2.05, 4.69) is 52.0 Å². The Kier molecular flexibility index (Phi) is 3.99. The van der Waals surface area contributed by atoms with Gasteiger partial charge < -0.3 is 0 Å². The molecule has 0 radical (unpaired) electrons. The summed E-state index contributed by atoms with van der Waals surface area (Å²) in [6, 6.07) is 6.76. The van der Waals surface area contributed by atoms with Crippen molar-refractivity contribution in [1.82, 2.24) is 0 Å². The lowest BCUT2D eigenvalue weighted by atomic mass is 9.63. The van der Waals surface area contributed by atoms with Crippen LogP contribution in [0.5, 0.6) is 0 Å². The standard InChI is InChI=1S/C19H24O/c1-18(2)11-12-19(3,4)17-14-15(9-10-16(17)18)8-6-5-7-13-20/h5-10,13-14H,11-12H2,1-4H3/b7-5+,8-6+. The third-order valence-electron chi connectivity index (χ3n) is 4.47. The second-order valence-corrected chi connectivity index (χ2v) is 6.95. The molecule has 0 spiro atoms. The van der Waals surface area contributed by atoms with Crippen molar-refractivity contribution >= 4 is 12.4 Å². The van der Waals surface area contributed by atoms with Gasteiger partial charge >= 0.3 is 0 Å². The Morgan fingerprint density at radius 2 is 1.55 bits per heavy atom. The van der Waals surface area contributed by atoms with Crippen LogP contribution >= 0.6 is 0 Å². The fourth-order valence-electron chi connectivity index (χ4n) is 2.99. The van der Waals surface area contributed by atoms with Crippen LogP contribution in [0.4, 0.5) is 0 Å². The van der Waals surface area contributed by atoms with Gasteiger partial charge in [-0.05, 0) is 46.4 Å². The highest BCUT2D eigenvalue weighted by atomic mass is 16.1. The summed E-state index contributed by atoms with van der Waals surface area (Å²) in [4.78, 5) is 10.2. The molecule has 20 heavy (non-hydrogen) atoms. The fourth-order valence-corrected chi connectivity index (χ4v) is 2.99. The van der Waals surface area contributed by atoms with Gasteiger partial charge in [-0.15, -0.1) is 0 Å². The molecule has 1 aliphatic rings. The van der Waals surface area contributed by atoms with Gasteiger partial charge in [0.2, 0.25) is 0 Å². The number of hydrogen-bond acceptors (Lipinski definition) is 1. The second kappa shape index (κ2) is 5.40. The molecule has 0 heterocycles. The number of benzene rings is 1. The van der Waals surface area contributed by atoms with E-state index in [1.54, 1.807) is 6.08 Å². The summed E-state index contributed by atoms with van der Waals surface area (Å²) in [6.07, 6.45) is 10.5. The number of carbonyl (C=O) groups is 1. The van der Waals surface area contributed by atoms with E-state index in [1.165, 1.54) is 35.6 Å². The maximum absolute atomic E-state index is 10.2. The molecule has 0 fully saturated rings. The first-order chi connectivity index (χ1) is 9.37. The Morgan fingerprint density at radius 3 is 2.20 bits per heavy atom. The van der Waals surface area contributed by atoms with Gasteiger partial charge in [-0.3, -0.25) is 4.79 Å². The summed E-state index contributed by atoms with van der Waals surface area (Å²) in [5.41, 5.74) is 4.66. The van der Waals surface area contributed by atoms with E-state index in [0.717, 1.165) is 6.29 Å². The number of hydrogen-bond donors (Lipinski definition) is 0. The minimum Gasteiger partial charge on any atom is -0.299 e. The van der Waals surface area contributed by atoms with E-state index in [9.17, 15) is 4.79 Å². The molecule has 0 amide bonds. The summed E-state index contributed by atoms with van der Waals surface area (Å²) in [5.74, 6) is 0. The van der Waals surface area contributed by atoms with Crippen LogP contribution in [-0.2, 0) is 15.6 Å². The molecule has 0 aromatic heterocycles. The predicted molar refractivity (Wildman–Crippen MR) is 86.0 cm³/mol. The van der Waals surface area contributed by atoms with Crippen LogP contribution < -0.4 is 0 Å². The predicted octanol–water partition coefficient (Wildman–Crippen LogP) is 4.80. The Morgan fingerprint density at radius 1 is 0.900 bits per heavy atom. The lowest BCUT2D eigenvalue weighted by Gasteiger charge is -2.42. The van der Waals surface area contributed by atoms with Crippen LogP contribution in [0.1, 0.15) is 57.2 Å². The van der Waals surface area contributed by atoms with Crippen LogP contribution in [0.25, 0.3) is 6.08 Å². The van der Waals surface area contributed by atoms with Gasteiger partial charge in [-0.2, -0.15) is 0 Å². The van der Waals surface area contributed by atoms with Crippen LogP contribution in [0.3, 0.4) is 0 Å². The number of rotatable bonds is 3. The molecular formula is C19H24O. The van der Waals surface area contributed by atoms with Gasteiger partial charge in [0.1, 0.15) is 6.29 Å². The van der Waals surface area contributed by atoms with Crippen molar-refractivity contribution in [2.24, 2.45) is 0 Å². The number of allylic oxidation sites excluding steroid dienone is 3. The highest BCUT2D eigenvalue weighted by molar-refractivity contribution is 5.66. The monoisotopic (exact) mass is 268 g/mol. The van der Waals surface area contributed by atoms with Crippen molar-refractivity contribution in [2.75, 3.05) is 0 Å². The first-order valence-corrected chi connectivity index (χ1v) is 7.30. The molecular weight excluding hydrogens is 244 g/mol. The molecule has 0 saturated heterocycles. The highest BCUT2D eigenvalue weighted by Crippen LogP contribution is 2.45. The molecule has 1 aliphatic carbocycles. The zero-order valence-corrected chi connectivity index (χ0v) is 12.9. The highest BCUT2D eigenvalue weighted by Gasteiger charge is 2.36. The largest absolute Gasteiger partial charge is 0.299 e. The first-order valence-electron chi connectivity index (χ1n) is 7.30. The Labute approximate surface area is 122 Å². The van der Waals surface area contributed by atoms with Crippen LogP contribution in [0, 0.1) is 0 Å². The first kappa shape index (κ1) is 14.8. The number of fused-ring (bicyclic) bond motifs is 1. The average Bonchev–Trinajstić information content (AvgIpc) is 2.40. The quantitative estimate of drug-likeness (QED) is 0.437. The molecule has 1 aromatic carbocycles. The minimum absolute atomic E-state index is 0.243. The van der Waals surface area contributed by atoms with Gasteiger partial charge in [0.25, 0.3) is 0 Å². The zero-order chi connectivity index (χ0) is 14.8. The summed E-state index contributed by atoms with van der Waals surface area (Å²) in [6.45, 7) is 9.34. The Bertz CT molecular complexity index is 559. The molecule has 106 valence electrons. The Hall–Kier alpha value is -1.63. The molecule has 1 heteroatoms. The average molecular weight is 268 g/mol. The molecule has 0 unspecified atom stereocenters. The minimum atomic E-state index is 0.243. The third-order valence-corrected chi connectivity index (χ3v) is 4.47.